The average molecular weight is 242 g/mol. The second-order valence-corrected chi connectivity index (χ2v) is 5.34. The van der Waals surface area contributed by atoms with Gasteiger partial charge in [-0.3, -0.25) is 0 Å². The topological polar surface area (TPSA) is 0 Å². The summed E-state index contributed by atoms with van der Waals surface area (Å²) in [6, 6.07) is 8.64. The molecule has 0 spiro atoms. The van der Waals surface area contributed by atoms with E-state index in [1.807, 2.05) is 19.1 Å². The standard InChI is InChI=1S/C16H19P/c1-5-13(3)7-10-15(6-2)17-16-11-8-14(4)9-12-16/h5-12,17H,1-2H2,3-4H3/b13-7-,15-10+. The number of aryl methyl sites for hydroxylation is 1. The van der Waals surface area contributed by atoms with Gasteiger partial charge in [-0.1, -0.05) is 81.4 Å². The van der Waals surface area contributed by atoms with Crippen LogP contribution in [0.3, 0.4) is 0 Å². The van der Waals surface area contributed by atoms with Gasteiger partial charge in [0.1, 0.15) is 0 Å². The van der Waals surface area contributed by atoms with E-state index in [1.54, 1.807) is 0 Å². The molecule has 1 rings (SSSR count). The highest BCUT2D eigenvalue weighted by atomic mass is 31.1. The Balaban J connectivity index is 2.80. The second-order valence-electron chi connectivity index (χ2n) is 3.93. The summed E-state index contributed by atoms with van der Waals surface area (Å²) in [7, 11) is 0.657. The summed E-state index contributed by atoms with van der Waals surface area (Å²) in [6.07, 6.45) is 7.96. The van der Waals surface area contributed by atoms with Crippen LogP contribution < -0.4 is 5.30 Å². The predicted octanol–water partition coefficient (Wildman–Crippen LogP) is 4.50. The Morgan fingerprint density at radius 3 is 2.24 bits per heavy atom. The lowest BCUT2D eigenvalue weighted by Gasteiger charge is -2.03. The zero-order valence-electron chi connectivity index (χ0n) is 10.5. The average Bonchev–Trinajstić information content (AvgIpc) is 2.36. The summed E-state index contributed by atoms with van der Waals surface area (Å²) in [4.78, 5) is 0. The molecule has 0 saturated carbocycles. The van der Waals surface area contributed by atoms with Gasteiger partial charge in [0, 0.05) is 0 Å². The molecule has 1 unspecified atom stereocenters. The van der Waals surface area contributed by atoms with Gasteiger partial charge in [0.25, 0.3) is 0 Å². The number of allylic oxidation sites excluding steroid dienone is 6. The van der Waals surface area contributed by atoms with E-state index < -0.39 is 0 Å². The second kappa shape index (κ2) is 7.04. The summed E-state index contributed by atoms with van der Waals surface area (Å²) in [6.45, 7) is 11.7. The molecule has 1 aromatic rings. The van der Waals surface area contributed by atoms with Gasteiger partial charge in [0.2, 0.25) is 0 Å². The van der Waals surface area contributed by atoms with E-state index in [4.69, 9.17) is 0 Å². The van der Waals surface area contributed by atoms with Crippen molar-refractivity contribution in [3.63, 3.8) is 0 Å². The third-order valence-electron chi connectivity index (χ3n) is 2.41. The number of rotatable bonds is 5. The van der Waals surface area contributed by atoms with Gasteiger partial charge in [-0.2, -0.15) is 0 Å². The summed E-state index contributed by atoms with van der Waals surface area (Å²) in [5.41, 5.74) is 2.46. The fraction of sp³-hybridized carbons (Fsp3) is 0.125. The molecule has 17 heavy (non-hydrogen) atoms. The maximum atomic E-state index is 3.86. The fourth-order valence-corrected chi connectivity index (χ4v) is 2.19. The Morgan fingerprint density at radius 1 is 1.06 bits per heavy atom. The van der Waals surface area contributed by atoms with E-state index in [1.165, 1.54) is 16.2 Å². The first-order valence-electron chi connectivity index (χ1n) is 5.63. The lowest BCUT2D eigenvalue weighted by atomic mass is 10.2. The Kier molecular flexibility index (Phi) is 5.66. The lowest BCUT2D eigenvalue weighted by molar-refractivity contribution is 1.49. The Bertz CT molecular complexity index is 447. The molecule has 0 aliphatic carbocycles. The van der Waals surface area contributed by atoms with E-state index in [0.29, 0.717) is 8.58 Å². The van der Waals surface area contributed by atoms with E-state index in [9.17, 15) is 0 Å². The molecule has 0 aliphatic heterocycles. The van der Waals surface area contributed by atoms with E-state index in [2.05, 4.69) is 56.5 Å². The van der Waals surface area contributed by atoms with Crippen LogP contribution in [-0.2, 0) is 0 Å². The normalized spacial score (nSPS) is 13.1. The van der Waals surface area contributed by atoms with Crippen LogP contribution in [0.2, 0.25) is 0 Å². The Hall–Kier alpha value is -1.39. The van der Waals surface area contributed by atoms with Gasteiger partial charge in [-0.05, 0) is 24.5 Å². The highest BCUT2D eigenvalue weighted by molar-refractivity contribution is 7.52. The van der Waals surface area contributed by atoms with Gasteiger partial charge in [0.15, 0.2) is 0 Å². The van der Waals surface area contributed by atoms with Crippen molar-refractivity contribution in [2.45, 2.75) is 13.8 Å². The summed E-state index contributed by atoms with van der Waals surface area (Å²) >= 11 is 0. The largest absolute Gasteiger partial charge is 0.0988 e. The van der Waals surface area contributed by atoms with Crippen LogP contribution in [0, 0.1) is 6.92 Å². The molecule has 0 N–H and O–H groups in total. The molecule has 0 fully saturated rings. The van der Waals surface area contributed by atoms with Crippen LogP contribution in [0.15, 0.2) is 72.6 Å². The zero-order chi connectivity index (χ0) is 12.7. The van der Waals surface area contributed by atoms with Crippen LogP contribution in [0.4, 0.5) is 0 Å². The third-order valence-corrected chi connectivity index (χ3v) is 3.69. The third kappa shape index (κ3) is 4.97. The highest BCUT2D eigenvalue weighted by Gasteiger charge is 1.95. The quantitative estimate of drug-likeness (QED) is 0.526. The number of hydrogen-bond acceptors (Lipinski definition) is 0. The monoisotopic (exact) mass is 242 g/mol. The highest BCUT2D eigenvalue weighted by Crippen LogP contribution is 2.24. The molecule has 0 amide bonds. The van der Waals surface area contributed by atoms with Crippen molar-refractivity contribution >= 4 is 13.9 Å². The molecule has 0 bridgehead atoms. The molecular weight excluding hydrogens is 223 g/mol. The van der Waals surface area contributed by atoms with Crippen molar-refractivity contribution in [1.82, 2.24) is 0 Å². The van der Waals surface area contributed by atoms with Gasteiger partial charge < -0.3 is 0 Å². The molecule has 0 aliphatic rings. The maximum absolute atomic E-state index is 3.86. The van der Waals surface area contributed by atoms with Crippen molar-refractivity contribution < 1.29 is 0 Å². The van der Waals surface area contributed by atoms with Gasteiger partial charge in [0.05, 0.1) is 0 Å². The molecule has 1 heteroatoms. The van der Waals surface area contributed by atoms with Gasteiger partial charge in [-0.15, -0.1) is 0 Å². The van der Waals surface area contributed by atoms with Crippen LogP contribution in [-0.4, -0.2) is 0 Å². The molecule has 1 aromatic carbocycles. The number of hydrogen-bond donors (Lipinski definition) is 0. The Morgan fingerprint density at radius 2 is 1.71 bits per heavy atom. The van der Waals surface area contributed by atoms with Crippen molar-refractivity contribution in [2.75, 3.05) is 0 Å². The van der Waals surface area contributed by atoms with Crippen molar-refractivity contribution in [1.29, 1.82) is 0 Å². The minimum Gasteiger partial charge on any atom is -0.0988 e. The van der Waals surface area contributed by atoms with Crippen LogP contribution >= 0.6 is 8.58 Å². The van der Waals surface area contributed by atoms with Gasteiger partial charge in [-0.25, -0.2) is 0 Å². The smallest absolute Gasteiger partial charge is 0.0226 e. The molecule has 0 nitrogen and oxygen atoms in total. The molecule has 0 radical (unpaired) electrons. The maximum Gasteiger partial charge on any atom is -0.0226 e. The van der Waals surface area contributed by atoms with Crippen LogP contribution in [0.25, 0.3) is 0 Å². The minimum atomic E-state index is 0.657. The summed E-state index contributed by atoms with van der Waals surface area (Å²) < 4.78 is 0. The molecule has 0 saturated heterocycles. The van der Waals surface area contributed by atoms with E-state index >= 15 is 0 Å². The van der Waals surface area contributed by atoms with Crippen molar-refractivity contribution in [2.24, 2.45) is 0 Å². The van der Waals surface area contributed by atoms with Crippen molar-refractivity contribution in [3.8, 4) is 0 Å². The molecular formula is C16H19P. The fourth-order valence-electron chi connectivity index (χ4n) is 1.25. The first-order chi connectivity index (χ1) is 8.15. The molecule has 0 heterocycles. The van der Waals surface area contributed by atoms with E-state index in [0.717, 1.165) is 5.57 Å². The Labute approximate surface area is 106 Å². The van der Waals surface area contributed by atoms with Crippen LogP contribution in [0.1, 0.15) is 12.5 Å². The summed E-state index contributed by atoms with van der Waals surface area (Å²) in [5, 5.41) is 2.58. The summed E-state index contributed by atoms with van der Waals surface area (Å²) in [5.74, 6) is 0. The first kappa shape index (κ1) is 13.7. The molecule has 0 aromatic heterocycles. The number of benzene rings is 1. The molecule has 88 valence electrons. The first-order valence-corrected chi connectivity index (χ1v) is 6.63. The lowest BCUT2D eigenvalue weighted by Crippen LogP contribution is -1.92. The zero-order valence-corrected chi connectivity index (χ0v) is 11.5. The SMILES string of the molecule is C=C/C(C)=C\C=C(/C=C)Pc1ccc(C)cc1. The predicted molar refractivity (Wildman–Crippen MR) is 81.4 cm³/mol. The van der Waals surface area contributed by atoms with E-state index in [-0.39, 0.29) is 0 Å². The van der Waals surface area contributed by atoms with Crippen LogP contribution in [0.5, 0.6) is 0 Å². The molecule has 1 atom stereocenters. The minimum absolute atomic E-state index is 0.657. The van der Waals surface area contributed by atoms with Gasteiger partial charge >= 0.3 is 0 Å². The van der Waals surface area contributed by atoms with Crippen molar-refractivity contribution in [3.05, 3.63) is 78.2 Å².